The highest BCUT2D eigenvalue weighted by Gasteiger charge is 2.23. The third-order valence-electron chi connectivity index (χ3n) is 3.69. The Bertz CT molecular complexity index is 566. The Balaban J connectivity index is 2.48. The molecule has 0 aliphatic carbocycles. The largest absolute Gasteiger partial charge is 0.369 e. The zero-order valence-corrected chi connectivity index (χ0v) is 11.9. The standard InChI is InChI=1S/C14H22N4/c1-10-6-7-12-11(8-10)16-13(15)18(12)9-14(2,3)17(4)5/h6-8H,9H2,1-5H3,(H2,15,16). The monoisotopic (exact) mass is 246 g/mol. The van der Waals surface area contributed by atoms with Crippen LogP contribution in [0.5, 0.6) is 0 Å². The van der Waals surface area contributed by atoms with Gasteiger partial charge in [0.2, 0.25) is 5.95 Å². The third-order valence-corrected chi connectivity index (χ3v) is 3.69. The number of nitrogens with zero attached hydrogens (tertiary/aromatic N) is 3. The van der Waals surface area contributed by atoms with Crippen molar-refractivity contribution in [3.63, 3.8) is 0 Å². The third kappa shape index (κ3) is 2.20. The van der Waals surface area contributed by atoms with Crippen molar-refractivity contribution in [3.8, 4) is 0 Å². The molecule has 2 aromatic rings. The predicted molar refractivity (Wildman–Crippen MR) is 76.6 cm³/mol. The average Bonchev–Trinajstić information content (AvgIpc) is 2.54. The Labute approximate surface area is 108 Å². The van der Waals surface area contributed by atoms with Crippen LogP contribution in [0.4, 0.5) is 5.95 Å². The maximum absolute atomic E-state index is 6.04. The summed E-state index contributed by atoms with van der Waals surface area (Å²) < 4.78 is 2.09. The summed E-state index contributed by atoms with van der Waals surface area (Å²) in [5.41, 5.74) is 9.36. The minimum Gasteiger partial charge on any atom is -0.369 e. The molecule has 4 heteroatoms. The van der Waals surface area contributed by atoms with E-state index in [1.165, 1.54) is 5.56 Å². The summed E-state index contributed by atoms with van der Waals surface area (Å²) >= 11 is 0. The van der Waals surface area contributed by atoms with Crippen molar-refractivity contribution >= 4 is 17.0 Å². The lowest BCUT2D eigenvalue weighted by atomic mass is 10.0. The summed E-state index contributed by atoms with van der Waals surface area (Å²) in [7, 11) is 4.17. The number of imidazole rings is 1. The predicted octanol–water partition coefficient (Wildman–Crippen LogP) is 2.27. The molecule has 1 aromatic heterocycles. The van der Waals surface area contributed by atoms with Crippen LogP contribution in [0.3, 0.4) is 0 Å². The van der Waals surface area contributed by atoms with E-state index >= 15 is 0 Å². The Morgan fingerprint density at radius 1 is 1.33 bits per heavy atom. The van der Waals surface area contributed by atoms with E-state index in [-0.39, 0.29) is 5.54 Å². The molecule has 0 amide bonds. The minimum atomic E-state index is 0.0344. The maximum Gasteiger partial charge on any atom is 0.201 e. The smallest absolute Gasteiger partial charge is 0.201 e. The SMILES string of the molecule is Cc1ccc2c(c1)nc(N)n2CC(C)(C)N(C)C. The zero-order chi connectivity index (χ0) is 13.5. The minimum absolute atomic E-state index is 0.0344. The van der Waals surface area contributed by atoms with Gasteiger partial charge in [-0.05, 0) is 52.6 Å². The molecule has 0 atom stereocenters. The molecule has 0 spiro atoms. The van der Waals surface area contributed by atoms with Gasteiger partial charge in [0.1, 0.15) is 0 Å². The molecule has 0 fully saturated rings. The summed E-state index contributed by atoms with van der Waals surface area (Å²) in [4.78, 5) is 6.64. The lowest BCUT2D eigenvalue weighted by molar-refractivity contribution is 0.172. The van der Waals surface area contributed by atoms with Crippen LogP contribution in [0, 0.1) is 6.92 Å². The summed E-state index contributed by atoms with van der Waals surface area (Å²) in [6.45, 7) is 7.29. The molecule has 0 saturated carbocycles. The van der Waals surface area contributed by atoms with Crippen LogP contribution in [-0.4, -0.2) is 34.1 Å². The van der Waals surface area contributed by atoms with Gasteiger partial charge in [-0.25, -0.2) is 4.98 Å². The van der Waals surface area contributed by atoms with E-state index in [9.17, 15) is 0 Å². The lowest BCUT2D eigenvalue weighted by Gasteiger charge is -2.33. The van der Waals surface area contributed by atoms with Gasteiger partial charge in [-0.2, -0.15) is 0 Å². The molecule has 1 aromatic carbocycles. The zero-order valence-electron chi connectivity index (χ0n) is 11.9. The van der Waals surface area contributed by atoms with Gasteiger partial charge >= 0.3 is 0 Å². The van der Waals surface area contributed by atoms with Crippen LogP contribution in [0.1, 0.15) is 19.4 Å². The number of nitrogen functional groups attached to an aromatic ring is 1. The van der Waals surface area contributed by atoms with E-state index < -0.39 is 0 Å². The first-order valence-corrected chi connectivity index (χ1v) is 6.21. The Kier molecular flexibility index (Phi) is 3.07. The second-order valence-corrected chi connectivity index (χ2v) is 5.76. The van der Waals surface area contributed by atoms with Gasteiger partial charge in [-0.3, -0.25) is 0 Å². The normalized spacial score (nSPS) is 12.6. The molecule has 18 heavy (non-hydrogen) atoms. The van der Waals surface area contributed by atoms with Gasteiger partial charge in [0.15, 0.2) is 0 Å². The lowest BCUT2D eigenvalue weighted by Crippen LogP contribution is -2.42. The van der Waals surface area contributed by atoms with E-state index in [1.807, 2.05) is 0 Å². The second-order valence-electron chi connectivity index (χ2n) is 5.76. The first-order chi connectivity index (χ1) is 8.31. The molecule has 2 N–H and O–H groups in total. The van der Waals surface area contributed by atoms with E-state index in [4.69, 9.17) is 5.73 Å². The van der Waals surface area contributed by atoms with Gasteiger partial charge < -0.3 is 15.2 Å². The van der Waals surface area contributed by atoms with Crippen LogP contribution in [0.15, 0.2) is 18.2 Å². The highest BCUT2D eigenvalue weighted by Crippen LogP contribution is 2.23. The Morgan fingerprint density at radius 3 is 2.61 bits per heavy atom. The number of anilines is 1. The summed E-state index contributed by atoms with van der Waals surface area (Å²) in [6, 6.07) is 6.27. The quantitative estimate of drug-likeness (QED) is 0.903. The van der Waals surface area contributed by atoms with Gasteiger partial charge in [0, 0.05) is 12.1 Å². The number of likely N-dealkylation sites (N-methyl/N-ethyl adjacent to an activating group) is 1. The van der Waals surface area contributed by atoms with Crippen molar-refractivity contribution in [2.24, 2.45) is 0 Å². The van der Waals surface area contributed by atoms with Crippen LogP contribution in [-0.2, 0) is 6.54 Å². The fourth-order valence-electron chi connectivity index (χ4n) is 1.95. The van der Waals surface area contributed by atoms with Gasteiger partial charge in [0.25, 0.3) is 0 Å². The van der Waals surface area contributed by atoms with E-state index in [2.05, 4.69) is 67.5 Å². The van der Waals surface area contributed by atoms with Crippen molar-refractivity contribution in [2.75, 3.05) is 19.8 Å². The van der Waals surface area contributed by atoms with E-state index in [1.54, 1.807) is 0 Å². The van der Waals surface area contributed by atoms with Crippen molar-refractivity contribution in [1.29, 1.82) is 0 Å². The van der Waals surface area contributed by atoms with E-state index in [0.717, 1.165) is 17.6 Å². The van der Waals surface area contributed by atoms with Crippen molar-refractivity contribution < 1.29 is 0 Å². The molecular formula is C14H22N4. The maximum atomic E-state index is 6.04. The Morgan fingerprint density at radius 2 is 2.00 bits per heavy atom. The van der Waals surface area contributed by atoms with Crippen molar-refractivity contribution in [3.05, 3.63) is 23.8 Å². The number of nitrogens with two attached hydrogens (primary N) is 1. The highest BCUT2D eigenvalue weighted by molar-refractivity contribution is 5.79. The van der Waals surface area contributed by atoms with Crippen LogP contribution >= 0.6 is 0 Å². The molecule has 98 valence electrons. The van der Waals surface area contributed by atoms with Crippen LogP contribution in [0.25, 0.3) is 11.0 Å². The molecular weight excluding hydrogens is 224 g/mol. The fraction of sp³-hybridized carbons (Fsp3) is 0.500. The van der Waals surface area contributed by atoms with Crippen molar-refractivity contribution in [2.45, 2.75) is 32.9 Å². The van der Waals surface area contributed by atoms with Gasteiger partial charge in [-0.1, -0.05) is 6.07 Å². The van der Waals surface area contributed by atoms with Gasteiger partial charge in [-0.15, -0.1) is 0 Å². The second kappa shape index (κ2) is 4.28. The fourth-order valence-corrected chi connectivity index (χ4v) is 1.95. The molecule has 0 saturated heterocycles. The molecule has 0 aliphatic rings. The van der Waals surface area contributed by atoms with Gasteiger partial charge in [0.05, 0.1) is 11.0 Å². The number of hydrogen-bond acceptors (Lipinski definition) is 3. The molecule has 0 bridgehead atoms. The first-order valence-electron chi connectivity index (χ1n) is 6.21. The van der Waals surface area contributed by atoms with Crippen LogP contribution < -0.4 is 5.73 Å². The molecule has 2 rings (SSSR count). The molecule has 0 unspecified atom stereocenters. The van der Waals surface area contributed by atoms with Crippen molar-refractivity contribution in [1.82, 2.24) is 14.5 Å². The number of fused-ring (bicyclic) bond motifs is 1. The molecule has 0 aliphatic heterocycles. The molecule has 0 radical (unpaired) electrons. The summed E-state index contributed by atoms with van der Waals surface area (Å²) in [5.74, 6) is 0.588. The summed E-state index contributed by atoms with van der Waals surface area (Å²) in [6.07, 6.45) is 0. The number of aromatic nitrogens is 2. The Hall–Kier alpha value is -1.55. The number of benzene rings is 1. The topological polar surface area (TPSA) is 47.1 Å². The number of aryl methyl sites for hydroxylation is 1. The number of hydrogen-bond donors (Lipinski definition) is 1. The van der Waals surface area contributed by atoms with Crippen LogP contribution in [0.2, 0.25) is 0 Å². The number of rotatable bonds is 3. The molecule has 4 nitrogen and oxygen atoms in total. The highest BCUT2D eigenvalue weighted by atomic mass is 15.2. The molecule has 1 heterocycles. The first kappa shape index (κ1) is 12.9. The summed E-state index contributed by atoms with van der Waals surface area (Å²) in [5, 5.41) is 0. The van der Waals surface area contributed by atoms with E-state index in [0.29, 0.717) is 5.95 Å². The average molecular weight is 246 g/mol.